The number of imidazole rings is 2. The molecule has 0 spiro atoms. The fraction of sp³-hybridized carbons (Fsp3) is 0.208. The van der Waals surface area contributed by atoms with E-state index in [-0.39, 0.29) is 12.0 Å². The highest BCUT2D eigenvalue weighted by Crippen LogP contribution is 2.31. The number of esters is 1. The second-order valence-corrected chi connectivity index (χ2v) is 7.75. The first-order valence-corrected chi connectivity index (χ1v) is 10.1. The molecule has 5 rings (SSSR count). The minimum Gasteiger partial charge on any atom is -0.467 e. The molecule has 31 heavy (non-hydrogen) atoms. The van der Waals surface area contributed by atoms with Crippen LogP contribution in [0.5, 0.6) is 0 Å². The van der Waals surface area contributed by atoms with Gasteiger partial charge in [-0.05, 0) is 62.4 Å². The van der Waals surface area contributed by atoms with Crippen LogP contribution in [-0.2, 0) is 11.3 Å². The predicted octanol–water partition coefficient (Wildman–Crippen LogP) is 5.06. The number of nitrogens with zero attached hydrogens (tertiary/aromatic N) is 4. The fourth-order valence-electron chi connectivity index (χ4n) is 3.97. The minimum atomic E-state index is -0.369. The van der Waals surface area contributed by atoms with E-state index in [0.29, 0.717) is 12.1 Å². The molecule has 0 fully saturated rings. The van der Waals surface area contributed by atoms with Crippen LogP contribution in [0.1, 0.15) is 36.0 Å². The van der Waals surface area contributed by atoms with Crippen LogP contribution in [0.25, 0.3) is 33.5 Å². The van der Waals surface area contributed by atoms with Crippen molar-refractivity contribution in [3.05, 3.63) is 72.4 Å². The maximum atomic E-state index is 11.9. The van der Waals surface area contributed by atoms with Crippen molar-refractivity contribution in [2.24, 2.45) is 0 Å². The first-order chi connectivity index (χ1) is 15.0. The molecule has 3 aromatic heterocycles. The molecular formula is C24H22N4O3. The molecule has 0 aliphatic rings. The van der Waals surface area contributed by atoms with Gasteiger partial charge in [-0.1, -0.05) is 0 Å². The number of fused-ring (bicyclic) bond motifs is 2. The fourth-order valence-corrected chi connectivity index (χ4v) is 3.97. The maximum Gasteiger partial charge on any atom is 0.337 e. The Hall–Kier alpha value is -3.87. The average Bonchev–Trinajstić information content (AvgIpc) is 3.51. The Balaban J connectivity index is 1.60. The highest BCUT2D eigenvalue weighted by molar-refractivity contribution is 5.94. The van der Waals surface area contributed by atoms with E-state index >= 15 is 0 Å². The summed E-state index contributed by atoms with van der Waals surface area (Å²) in [5.41, 5.74) is 5.11. The van der Waals surface area contributed by atoms with Gasteiger partial charge in [0.15, 0.2) is 0 Å². The lowest BCUT2D eigenvalue weighted by Crippen LogP contribution is -2.04. The minimum absolute atomic E-state index is 0.191. The topological polar surface area (TPSA) is 75.1 Å². The van der Waals surface area contributed by atoms with Crippen LogP contribution < -0.4 is 0 Å². The van der Waals surface area contributed by atoms with Crippen molar-refractivity contribution >= 4 is 28.0 Å². The van der Waals surface area contributed by atoms with Crippen LogP contribution in [0, 0.1) is 0 Å². The van der Waals surface area contributed by atoms with Gasteiger partial charge in [-0.3, -0.25) is 0 Å². The molecular weight excluding hydrogens is 392 g/mol. The Labute approximate surface area is 178 Å². The SMILES string of the molecule is COC(=O)c1ccc2c(c1)nc(-c1ccc3c(c1)ncn3Cc1ccco1)n2C(C)C. The highest BCUT2D eigenvalue weighted by atomic mass is 16.5. The van der Waals surface area contributed by atoms with E-state index in [4.69, 9.17) is 14.1 Å². The van der Waals surface area contributed by atoms with Crippen LogP contribution in [-0.4, -0.2) is 32.2 Å². The van der Waals surface area contributed by atoms with Gasteiger partial charge in [0, 0.05) is 11.6 Å². The summed E-state index contributed by atoms with van der Waals surface area (Å²) in [5, 5.41) is 0. The van der Waals surface area contributed by atoms with Crippen molar-refractivity contribution in [3.8, 4) is 11.4 Å². The first-order valence-electron chi connectivity index (χ1n) is 10.1. The van der Waals surface area contributed by atoms with Gasteiger partial charge in [0.05, 0.1) is 53.9 Å². The molecule has 7 nitrogen and oxygen atoms in total. The van der Waals surface area contributed by atoms with E-state index < -0.39 is 0 Å². The molecule has 7 heteroatoms. The summed E-state index contributed by atoms with van der Waals surface area (Å²) in [6.07, 6.45) is 3.50. The molecule has 0 aliphatic heterocycles. The van der Waals surface area contributed by atoms with Gasteiger partial charge in [-0.15, -0.1) is 0 Å². The number of carbonyl (C=O) groups is 1. The molecule has 0 bridgehead atoms. The van der Waals surface area contributed by atoms with Gasteiger partial charge >= 0.3 is 5.97 Å². The second kappa shape index (κ2) is 7.43. The van der Waals surface area contributed by atoms with Crippen molar-refractivity contribution < 1.29 is 13.9 Å². The molecule has 3 heterocycles. The third kappa shape index (κ3) is 3.28. The molecule has 2 aromatic carbocycles. The van der Waals surface area contributed by atoms with E-state index in [0.717, 1.165) is 39.2 Å². The van der Waals surface area contributed by atoms with Crippen LogP contribution in [0.2, 0.25) is 0 Å². The molecule has 5 aromatic rings. The zero-order valence-electron chi connectivity index (χ0n) is 17.6. The summed E-state index contributed by atoms with van der Waals surface area (Å²) in [4.78, 5) is 21.4. The number of aromatic nitrogens is 4. The van der Waals surface area contributed by atoms with E-state index in [1.165, 1.54) is 7.11 Å². The summed E-state index contributed by atoms with van der Waals surface area (Å²) in [6.45, 7) is 4.87. The van der Waals surface area contributed by atoms with Gasteiger partial charge in [0.1, 0.15) is 11.6 Å². The lowest BCUT2D eigenvalue weighted by molar-refractivity contribution is 0.0601. The monoisotopic (exact) mass is 414 g/mol. The Bertz CT molecular complexity index is 1390. The van der Waals surface area contributed by atoms with Crippen molar-refractivity contribution in [3.63, 3.8) is 0 Å². The lowest BCUT2D eigenvalue weighted by Gasteiger charge is -2.13. The molecule has 0 atom stereocenters. The molecule has 0 saturated heterocycles. The number of carbonyl (C=O) groups excluding carboxylic acids is 1. The van der Waals surface area contributed by atoms with Crippen molar-refractivity contribution in [1.82, 2.24) is 19.1 Å². The summed E-state index contributed by atoms with van der Waals surface area (Å²) in [6, 6.07) is 15.7. The Morgan fingerprint density at radius 3 is 2.68 bits per heavy atom. The first kappa shape index (κ1) is 19.1. The molecule has 0 amide bonds. The molecule has 0 radical (unpaired) electrons. The largest absolute Gasteiger partial charge is 0.467 e. The van der Waals surface area contributed by atoms with Crippen molar-refractivity contribution in [2.75, 3.05) is 7.11 Å². The van der Waals surface area contributed by atoms with E-state index in [1.54, 1.807) is 18.4 Å². The third-order valence-corrected chi connectivity index (χ3v) is 5.41. The zero-order valence-corrected chi connectivity index (χ0v) is 17.6. The number of furan rings is 1. The van der Waals surface area contributed by atoms with Gasteiger partial charge in [0.2, 0.25) is 0 Å². The lowest BCUT2D eigenvalue weighted by atomic mass is 10.1. The summed E-state index contributed by atoms with van der Waals surface area (Å²) in [5.74, 6) is 1.35. The third-order valence-electron chi connectivity index (χ3n) is 5.41. The summed E-state index contributed by atoms with van der Waals surface area (Å²) >= 11 is 0. The average molecular weight is 414 g/mol. The number of hydrogen-bond donors (Lipinski definition) is 0. The number of rotatable bonds is 5. The quantitative estimate of drug-likeness (QED) is 0.376. The Morgan fingerprint density at radius 1 is 1.10 bits per heavy atom. The predicted molar refractivity (Wildman–Crippen MR) is 118 cm³/mol. The van der Waals surface area contributed by atoms with Crippen LogP contribution in [0.4, 0.5) is 0 Å². The number of benzene rings is 2. The van der Waals surface area contributed by atoms with Crippen molar-refractivity contribution in [1.29, 1.82) is 0 Å². The molecule has 156 valence electrons. The van der Waals surface area contributed by atoms with E-state index in [1.807, 2.05) is 24.5 Å². The van der Waals surface area contributed by atoms with Crippen LogP contribution in [0.15, 0.2) is 65.5 Å². The van der Waals surface area contributed by atoms with Gasteiger partial charge in [-0.2, -0.15) is 0 Å². The van der Waals surface area contributed by atoms with E-state index in [9.17, 15) is 4.79 Å². The zero-order chi connectivity index (χ0) is 21.5. The van der Waals surface area contributed by atoms with Crippen LogP contribution in [0.3, 0.4) is 0 Å². The summed E-state index contributed by atoms with van der Waals surface area (Å²) in [7, 11) is 1.38. The molecule has 0 saturated carbocycles. The van der Waals surface area contributed by atoms with Crippen LogP contribution >= 0.6 is 0 Å². The number of ether oxygens (including phenoxy) is 1. The van der Waals surface area contributed by atoms with Gasteiger partial charge in [0.25, 0.3) is 0 Å². The normalized spacial score (nSPS) is 11.6. The van der Waals surface area contributed by atoms with Gasteiger partial charge < -0.3 is 18.3 Å². The summed E-state index contributed by atoms with van der Waals surface area (Å²) < 4.78 is 14.6. The number of hydrogen-bond acceptors (Lipinski definition) is 5. The highest BCUT2D eigenvalue weighted by Gasteiger charge is 2.18. The Kier molecular flexibility index (Phi) is 4.58. The maximum absolute atomic E-state index is 11.9. The Morgan fingerprint density at radius 2 is 1.94 bits per heavy atom. The van der Waals surface area contributed by atoms with Crippen molar-refractivity contribution in [2.45, 2.75) is 26.4 Å². The van der Waals surface area contributed by atoms with Gasteiger partial charge in [-0.25, -0.2) is 14.8 Å². The standard InChI is InChI=1S/C24H22N4O3/c1-15(2)28-22-9-7-17(24(29)30-3)12-20(22)26-23(28)16-6-8-21-19(11-16)25-14-27(21)13-18-5-4-10-31-18/h4-12,14-15H,13H2,1-3H3. The smallest absolute Gasteiger partial charge is 0.337 e. The molecule has 0 aliphatic carbocycles. The molecule has 0 unspecified atom stereocenters. The molecule has 0 N–H and O–H groups in total. The number of methoxy groups -OCH3 is 1. The van der Waals surface area contributed by atoms with E-state index in [2.05, 4.69) is 46.2 Å². The second-order valence-electron chi connectivity index (χ2n) is 7.75.